The van der Waals surface area contributed by atoms with Gasteiger partial charge < -0.3 is 9.64 Å². The fourth-order valence-electron chi connectivity index (χ4n) is 3.82. The number of fused-ring (bicyclic) bond motifs is 3. The molecule has 0 bridgehead atoms. The number of anilines is 1. The molecule has 0 amide bonds. The molecule has 3 rings (SSSR count). The first kappa shape index (κ1) is 13.4. The van der Waals surface area contributed by atoms with Gasteiger partial charge >= 0.3 is 5.97 Å². The van der Waals surface area contributed by atoms with Crippen LogP contribution in [0.3, 0.4) is 0 Å². The van der Waals surface area contributed by atoms with Crippen LogP contribution in [0.4, 0.5) is 5.69 Å². The number of benzene rings is 1. The molecule has 1 aromatic rings. The second kappa shape index (κ2) is 4.48. The number of ether oxygens (including phenoxy) is 1. The van der Waals surface area contributed by atoms with E-state index in [-0.39, 0.29) is 11.4 Å². The van der Waals surface area contributed by atoms with Crippen molar-refractivity contribution in [2.75, 3.05) is 25.5 Å². The zero-order chi connectivity index (χ0) is 14.5. The number of esters is 1. The van der Waals surface area contributed by atoms with E-state index in [2.05, 4.69) is 43.0 Å². The molecule has 0 unspecified atom stereocenters. The van der Waals surface area contributed by atoms with E-state index in [4.69, 9.17) is 4.74 Å². The number of likely N-dealkylation sites (tertiary alicyclic amines) is 1. The second-order valence-corrected chi connectivity index (χ2v) is 6.14. The van der Waals surface area contributed by atoms with Gasteiger partial charge in [0.2, 0.25) is 0 Å². The lowest BCUT2D eigenvalue weighted by molar-refractivity contribution is -0.134. The summed E-state index contributed by atoms with van der Waals surface area (Å²) in [6, 6.07) is 6.02. The zero-order valence-corrected chi connectivity index (χ0v) is 12.6. The van der Waals surface area contributed by atoms with Gasteiger partial charge in [-0.1, -0.05) is 13.8 Å². The Morgan fingerprint density at radius 3 is 2.90 bits per heavy atom. The third-order valence-electron chi connectivity index (χ3n) is 4.82. The molecular formula is C16H22N2O2. The van der Waals surface area contributed by atoms with Gasteiger partial charge in [-0.2, -0.15) is 0 Å². The smallest absolute Gasteiger partial charge is 0.310 e. The predicted octanol–water partition coefficient (Wildman–Crippen LogP) is 2.37. The lowest BCUT2D eigenvalue weighted by Crippen LogP contribution is -2.45. The highest BCUT2D eigenvalue weighted by molar-refractivity contribution is 5.73. The summed E-state index contributed by atoms with van der Waals surface area (Å²) in [5.41, 5.74) is 2.67. The van der Waals surface area contributed by atoms with E-state index in [1.807, 2.05) is 13.0 Å². The van der Waals surface area contributed by atoms with Crippen LogP contribution in [0.1, 0.15) is 32.3 Å². The Bertz CT molecular complexity index is 557. The Hall–Kier alpha value is -1.55. The van der Waals surface area contributed by atoms with Gasteiger partial charge in [-0.15, -0.1) is 0 Å². The van der Waals surface area contributed by atoms with Crippen LogP contribution in [0.15, 0.2) is 18.2 Å². The average Bonchev–Trinajstić information content (AvgIpc) is 2.85. The Balaban J connectivity index is 2.00. The molecule has 108 valence electrons. The van der Waals surface area contributed by atoms with Crippen molar-refractivity contribution in [3.63, 3.8) is 0 Å². The van der Waals surface area contributed by atoms with Crippen molar-refractivity contribution >= 4 is 11.7 Å². The number of hydrogen-bond acceptors (Lipinski definition) is 4. The fraction of sp³-hybridized carbons (Fsp3) is 0.562. The van der Waals surface area contributed by atoms with E-state index >= 15 is 0 Å². The van der Waals surface area contributed by atoms with Crippen LogP contribution in [0.25, 0.3) is 0 Å². The van der Waals surface area contributed by atoms with Gasteiger partial charge in [-0.05, 0) is 37.2 Å². The van der Waals surface area contributed by atoms with Gasteiger partial charge in [0, 0.05) is 31.1 Å². The summed E-state index contributed by atoms with van der Waals surface area (Å²) in [7, 11) is 4.32. The van der Waals surface area contributed by atoms with E-state index in [1.165, 1.54) is 11.3 Å². The fourth-order valence-corrected chi connectivity index (χ4v) is 3.82. The number of hydrogen-bond donors (Lipinski definition) is 0. The molecule has 4 heteroatoms. The number of carbonyl (C=O) groups is 1. The maximum absolute atomic E-state index is 11.5. The monoisotopic (exact) mass is 274 g/mol. The van der Waals surface area contributed by atoms with Crippen molar-refractivity contribution in [2.24, 2.45) is 0 Å². The van der Waals surface area contributed by atoms with E-state index in [0.717, 1.165) is 13.0 Å². The normalized spacial score (nSPS) is 28.4. The molecule has 2 heterocycles. The SMILES string of the molecule is CCC(=O)Oc1ccc2c(c1)[C@]1(C)CCN(C)[C@@H]1N2C. The standard InChI is InChI=1S/C16H22N2O2/c1-5-14(19)20-11-6-7-13-12(10-11)16(2)8-9-17(3)15(16)18(13)4/h6-7,10,15H,5,8-9H2,1-4H3/t15-,16+/m1/s1. The van der Waals surface area contributed by atoms with Crippen LogP contribution >= 0.6 is 0 Å². The van der Waals surface area contributed by atoms with E-state index in [1.54, 1.807) is 0 Å². The highest BCUT2D eigenvalue weighted by Crippen LogP contribution is 2.51. The molecule has 4 nitrogen and oxygen atoms in total. The average molecular weight is 274 g/mol. The van der Waals surface area contributed by atoms with Crippen LogP contribution in [-0.4, -0.2) is 37.7 Å². The van der Waals surface area contributed by atoms with Crippen molar-refractivity contribution in [3.8, 4) is 5.75 Å². The van der Waals surface area contributed by atoms with Gasteiger partial charge in [0.25, 0.3) is 0 Å². The number of likely N-dealkylation sites (N-methyl/N-ethyl adjacent to an activating group) is 2. The van der Waals surface area contributed by atoms with Gasteiger partial charge in [-0.3, -0.25) is 9.69 Å². The van der Waals surface area contributed by atoms with Gasteiger partial charge in [0.05, 0.1) is 6.17 Å². The molecule has 0 aromatic heterocycles. The molecule has 1 fully saturated rings. The van der Waals surface area contributed by atoms with E-state index in [9.17, 15) is 4.79 Å². The molecule has 0 radical (unpaired) electrons. The van der Waals surface area contributed by atoms with Crippen molar-refractivity contribution in [1.29, 1.82) is 0 Å². The number of carbonyl (C=O) groups excluding carboxylic acids is 1. The summed E-state index contributed by atoms with van der Waals surface area (Å²) in [4.78, 5) is 16.2. The molecule has 0 saturated carbocycles. The van der Waals surface area contributed by atoms with E-state index in [0.29, 0.717) is 18.3 Å². The summed E-state index contributed by atoms with van der Waals surface area (Å²) in [5.74, 6) is 0.488. The summed E-state index contributed by atoms with van der Waals surface area (Å²) < 4.78 is 5.37. The summed E-state index contributed by atoms with van der Waals surface area (Å²) in [6.07, 6.45) is 1.94. The molecule has 1 aromatic carbocycles. The molecule has 2 aliphatic rings. The Kier molecular flexibility index (Phi) is 3.01. The molecule has 0 N–H and O–H groups in total. The third-order valence-corrected chi connectivity index (χ3v) is 4.82. The van der Waals surface area contributed by atoms with Crippen LogP contribution in [0.2, 0.25) is 0 Å². The van der Waals surface area contributed by atoms with Crippen LogP contribution in [0.5, 0.6) is 5.75 Å². The largest absolute Gasteiger partial charge is 0.427 e. The first-order valence-electron chi connectivity index (χ1n) is 7.25. The minimum Gasteiger partial charge on any atom is -0.427 e. The zero-order valence-electron chi connectivity index (χ0n) is 12.6. The lowest BCUT2D eigenvalue weighted by Gasteiger charge is -2.32. The number of rotatable bonds is 2. The minimum absolute atomic E-state index is 0.119. The molecule has 0 spiro atoms. The van der Waals surface area contributed by atoms with Gasteiger partial charge in [0.15, 0.2) is 0 Å². The highest BCUT2D eigenvalue weighted by atomic mass is 16.5. The summed E-state index contributed by atoms with van der Waals surface area (Å²) in [6.45, 7) is 5.23. The Morgan fingerprint density at radius 2 is 2.20 bits per heavy atom. The maximum Gasteiger partial charge on any atom is 0.310 e. The Morgan fingerprint density at radius 1 is 1.45 bits per heavy atom. The lowest BCUT2D eigenvalue weighted by atomic mass is 9.81. The molecule has 1 saturated heterocycles. The van der Waals surface area contributed by atoms with Crippen LogP contribution in [-0.2, 0) is 10.2 Å². The van der Waals surface area contributed by atoms with Gasteiger partial charge in [-0.25, -0.2) is 0 Å². The molecular weight excluding hydrogens is 252 g/mol. The number of nitrogens with zero attached hydrogens (tertiary/aromatic N) is 2. The first-order valence-corrected chi connectivity index (χ1v) is 7.25. The Labute approximate surface area is 120 Å². The second-order valence-electron chi connectivity index (χ2n) is 6.14. The van der Waals surface area contributed by atoms with Gasteiger partial charge in [0.1, 0.15) is 5.75 Å². The quantitative estimate of drug-likeness (QED) is 0.612. The van der Waals surface area contributed by atoms with E-state index < -0.39 is 0 Å². The molecule has 2 aliphatic heterocycles. The molecule has 0 aliphatic carbocycles. The maximum atomic E-state index is 11.5. The van der Waals surface area contributed by atoms with Crippen molar-refractivity contribution < 1.29 is 9.53 Å². The summed E-state index contributed by atoms with van der Waals surface area (Å²) >= 11 is 0. The van der Waals surface area contributed by atoms with Crippen molar-refractivity contribution in [1.82, 2.24) is 4.90 Å². The van der Waals surface area contributed by atoms with Crippen LogP contribution in [0, 0.1) is 0 Å². The topological polar surface area (TPSA) is 32.8 Å². The highest BCUT2D eigenvalue weighted by Gasteiger charge is 2.52. The molecule has 2 atom stereocenters. The summed E-state index contributed by atoms with van der Waals surface area (Å²) in [5, 5.41) is 0. The first-order chi connectivity index (χ1) is 9.47. The van der Waals surface area contributed by atoms with Crippen molar-refractivity contribution in [2.45, 2.75) is 38.3 Å². The molecule has 20 heavy (non-hydrogen) atoms. The van der Waals surface area contributed by atoms with Crippen LogP contribution < -0.4 is 9.64 Å². The minimum atomic E-state index is -0.179. The van der Waals surface area contributed by atoms with Crippen molar-refractivity contribution in [3.05, 3.63) is 23.8 Å². The third kappa shape index (κ3) is 1.74. The predicted molar refractivity (Wildman–Crippen MR) is 79.2 cm³/mol.